The quantitative estimate of drug-likeness (QED) is 0.892. The third-order valence-corrected chi connectivity index (χ3v) is 4.93. The lowest BCUT2D eigenvalue weighted by atomic mass is 10.3. The molecule has 1 aliphatic rings. The first kappa shape index (κ1) is 16.9. The van der Waals surface area contributed by atoms with Gasteiger partial charge in [0.25, 0.3) is 0 Å². The van der Waals surface area contributed by atoms with Crippen molar-refractivity contribution in [2.75, 3.05) is 37.6 Å². The lowest BCUT2D eigenvalue weighted by Gasteiger charge is -2.35. The summed E-state index contributed by atoms with van der Waals surface area (Å²) in [6.07, 6.45) is 0. The Bertz CT molecular complexity index is 660. The zero-order valence-electron chi connectivity index (χ0n) is 14.2. The predicted octanol–water partition coefficient (Wildman–Crippen LogP) is 1.59. The number of hydrogen-bond acceptors (Lipinski definition) is 6. The molecule has 6 nitrogen and oxygen atoms in total. The summed E-state index contributed by atoms with van der Waals surface area (Å²) in [6, 6.07) is 6.06. The summed E-state index contributed by atoms with van der Waals surface area (Å²) >= 11 is 1.66. The Balaban J connectivity index is 1.45. The molecule has 0 aliphatic carbocycles. The van der Waals surface area contributed by atoms with Gasteiger partial charge in [-0.3, -0.25) is 9.69 Å². The normalized spacial score (nSPS) is 15.5. The second kappa shape index (κ2) is 7.72. The van der Waals surface area contributed by atoms with Gasteiger partial charge in [0.1, 0.15) is 11.6 Å². The van der Waals surface area contributed by atoms with Crippen molar-refractivity contribution in [2.45, 2.75) is 20.4 Å². The highest BCUT2D eigenvalue weighted by Crippen LogP contribution is 2.15. The topological polar surface area (TPSA) is 61.4 Å². The number of thiophene rings is 1. The predicted molar refractivity (Wildman–Crippen MR) is 96.3 cm³/mol. The number of rotatable bonds is 5. The molecule has 0 bridgehead atoms. The maximum atomic E-state index is 12.1. The van der Waals surface area contributed by atoms with Crippen molar-refractivity contribution < 1.29 is 4.79 Å². The van der Waals surface area contributed by atoms with Gasteiger partial charge in [0.2, 0.25) is 5.91 Å². The van der Waals surface area contributed by atoms with Gasteiger partial charge in [-0.2, -0.15) is 0 Å². The van der Waals surface area contributed by atoms with E-state index in [9.17, 15) is 4.79 Å². The average molecular weight is 345 g/mol. The number of nitrogens with one attached hydrogen (secondary N) is 1. The van der Waals surface area contributed by atoms with E-state index in [0.717, 1.165) is 43.5 Å². The van der Waals surface area contributed by atoms with Crippen LogP contribution >= 0.6 is 11.3 Å². The summed E-state index contributed by atoms with van der Waals surface area (Å²) in [5.41, 5.74) is 0.993. The van der Waals surface area contributed by atoms with Crippen LogP contribution in [-0.2, 0) is 11.3 Å². The summed E-state index contributed by atoms with van der Waals surface area (Å²) in [4.78, 5) is 26.6. The van der Waals surface area contributed by atoms with Crippen LogP contribution in [0.2, 0.25) is 0 Å². The van der Waals surface area contributed by atoms with Gasteiger partial charge >= 0.3 is 0 Å². The summed E-state index contributed by atoms with van der Waals surface area (Å²) < 4.78 is 0. The van der Waals surface area contributed by atoms with Gasteiger partial charge in [-0.1, -0.05) is 6.07 Å². The third kappa shape index (κ3) is 4.52. The molecule has 3 heterocycles. The summed E-state index contributed by atoms with van der Waals surface area (Å²) in [5.74, 6) is 1.88. The smallest absolute Gasteiger partial charge is 0.234 e. The fraction of sp³-hybridized carbons (Fsp3) is 0.471. The van der Waals surface area contributed by atoms with Crippen molar-refractivity contribution in [2.24, 2.45) is 0 Å². The Morgan fingerprint density at radius 3 is 2.71 bits per heavy atom. The highest BCUT2D eigenvalue weighted by atomic mass is 32.1. The van der Waals surface area contributed by atoms with Crippen molar-refractivity contribution in [3.8, 4) is 0 Å². The van der Waals surface area contributed by atoms with Gasteiger partial charge in [-0.15, -0.1) is 11.3 Å². The lowest BCUT2D eigenvalue weighted by molar-refractivity contribution is -0.122. The van der Waals surface area contributed by atoms with Crippen molar-refractivity contribution >= 4 is 23.1 Å². The van der Waals surface area contributed by atoms with Crippen molar-refractivity contribution in [3.05, 3.63) is 40.0 Å². The second-order valence-electron chi connectivity index (χ2n) is 6.03. The van der Waals surface area contributed by atoms with E-state index < -0.39 is 0 Å². The van der Waals surface area contributed by atoms with Crippen molar-refractivity contribution in [1.29, 1.82) is 0 Å². The van der Waals surface area contributed by atoms with Crippen LogP contribution in [0.4, 0.5) is 5.82 Å². The first-order chi connectivity index (χ1) is 11.6. The zero-order valence-corrected chi connectivity index (χ0v) is 15.0. The van der Waals surface area contributed by atoms with E-state index in [-0.39, 0.29) is 5.91 Å². The Morgan fingerprint density at radius 2 is 2.04 bits per heavy atom. The number of carbonyl (C=O) groups is 1. The molecule has 0 unspecified atom stereocenters. The van der Waals surface area contributed by atoms with Crippen LogP contribution in [0.25, 0.3) is 0 Å². The molecule has 1 aliphatic heterocycles. The molecule has 1 N–H and O–H groups in total. The molecule has 7 heteroatoms. The standard InChI is InChI=1S/C17H23N5OS/c1-13-10-16(20-14(2)19-13)22-7-5-21(6-8-22)12-17(23)18-11-15-4-3-9-24-15/h3-4,9-10H,5-8,11-12H2,1-2H3,(H,18,23). The molecule has 3 rings (SSSR count). The molecule has 0 aromatic carbocycles. The van der Waals surface area contributed by atoms with Crippen LogP contribution < -0.4 is 10.2 Å². The van der Waals surface area contributed by atoms with Crippen LogP contribution in [0, 0.1) is 13.8 Å². The Hall–Kier alpha value is -1.99. The van der Waals surface area contributed by atoms with E-state index in [1.165, 1.54) is 4.88 Å². The van der Waals surface area contributed by atoms with E-state index in [1.807, 2.05) is 37.4 Å². The van der Waals surface area contributed by atoms with E-state index in [4.69, 9.17) is 0 Å². The van der Waals surface area contributed by atoms with E-state index in [2.05, 4.69) is 25.1 Å². The SMILES string of the molecule is Cc1cc(N2CCN(CC(=O)NCc3cccs3)CC2)nc(C)n1. The number of anilines is 1. The summed E-state index contributed by atoms with van der Waals surface area (Å²) in [5, 5.41) is 5.01. The molecule has 1 fully saturated rings. The number of piperazine rings is 1. The first-order valence-electron chi connectivity index (χ1n) is 8.19. The molecule has 0 atom stereocenters. The van der Waals surface area contributed by atoms with Crippen LogP contribution in [0.5, 0.6) is 0 Å². The largest absolute Gasteiger partial charge is 0.354 e. The molecule has 1 amide bonds. The minimum Gasteiger partial charge on any atom is -0.354 e. The van der Waals surface area contributed by atoms with E-state index >= 15 is 0 Å². The number of aromatic nitrogens is 2. The van der Waals surface area contributed by atoms with Gasteiger partial charge in [0, 0.05) is 42.8 Å². The minimum absolute atomic E-state index is 0.0885. The molecule has 24 heavy (non-hydrogen) atoms. The van der Waals surface area contributed by atoms with E-state index in [1.54, 1.807) is 11.3 Å². The zero-order chi connectivity index (χ0) is 16.9. The van der Waals surface area contributed by atoms with Crippen LogP contribution in [0.1, 0.15) is 16.4 Å². The monoisotopic (exact) mass is 345 g/mol. The maximum absolute atomic E-state index is 12.1. The molecule has 2 aromatic heterocycles. The highest BCUT2D eigenvalue weighted by Gasteiger charge is 2.20. The number of amides is 1. The van der Waals surface area contributed by atoms with Gasteiger partial charge in [0.05, 0.1) is 13.1 Å². The molecule has 128 valence electrons. The summed E-state index contributed by atoms with van der Waals surface area (Å²) in [6.45, 7) is 8.50. The molecule has 2 aromatic rings. The van der Waals surface area contributed by atoms with Gasteiger partial charge in [-0.05, 0) is 25.3 Å². The van der Waals surface area contributed by atoms with Gasteiger partial charge < -0.3 is 10.2 Å². The Morgan fingerprint density at radius 1 is 1.25 bits per heavy atom. The fourth-order valence-electron chi connectivity index (χ4n) is 2.85. The molecular weight excluding hydrogens is 322 g/mol. The molecular formula is C17H23N5OS. The maximum Gasteiger partial charge on any atom is 0.234 e. The summed E-state index contributed by atoms with van der Waals surface area (Å²) in [7, 11) is 0. The third-order valence-electron chi connectivity index (χ3n) is 4.06. The number of aryl methyl sites for hydroxylation is 2. The fourth-order valence-corrected chi connectivity index (χ4v) is 3.50. The van der Waals surface area contributed by atoms with Crippen LogP contribution in [0.15, 0.2) is 23.6 Å². The highest BCUT2D eigenvalue weighted by molar-refractivity contribution is 7.09. The Labute approximate surface area is 146 Å². The van der Waals surface area contributed by atoms with Crippen molar-refractivity contribution in [3.63, 3.8) is 0 Å². The van der Waals surface area contributed by atoms with Crippen LogP contribution in [0.3, 0.4) is 0 Å². The molecule has 0 spiro atoms. The number of hydrogen-bond donors (Lipinski definition) is 1. The molecule has 0 radical (unpaired) electrons. The Kier molecular flexibility index (Phi) is 5.42. The number of carbonyl (C=O) groups excluding carboxylic acids is 1. The first-order valence-corrected chi connectivity index (χ1v) is 9.07. The van der Waals surface area contributed by atoms with Gasteiger partial charge in [0.15, 0.2) is 0 Å². The van der Waals surface area contributed by atoms with Crippen molar-refractivity contribution in [1.82, 2.24) is 20.2 Å². The van der Waals surface area contributed by atoms with Gasteiger partial charge in [-0.25, -0.2) is 9.97 Å². The molecule has 0 saturated carbocycles. The van der Waals surface area contributed by atoms with E-state index in [0.29, 0.717) is 13.1 Å². The van der Waals surface area contributed by atoms with Crippen LogP contribution in [-0.4, -0.2) is 53.5 Å². The molecule has 1 saturated heterocycles. The number of nitrogens with zero attached hydrogens (tertiary/aromatic N) is 4. The second-order valence-corrected chi connectivity index (χ2v) is 7.07. The lowest BCUT2D eigenvalue weighted by Crippen LogP contribution is -2.49. The minimum atomic E-state index is 0.0885. The average Bonchev–Trinajstić information content (AvgIpc) is 3.06.